The second-order valence-electron chi connectivity index (χ2n) is 14.2. The van der Waals surface area contributed by atoms with Crippen LogP contribution in [0.1, 0.15) is 137 Å². The molecule has 1 aromatic carbocycles. The number of carbonyl (C=O) groups is 2. The number of aromatic hydroxyl groups is 2. The number of rotatable bonds is 17. The zero-order valence-corrected chi connectivity index (χ0v) is 31.8. The maximum absolute atomic E-state index is 13.2. The van der Waals surface area contributed by atoms with E-state index in [2.05, 4.69) is 78.8 Å². The average Bonchev–Trinajstić information content (AvgIpc) is 3.01. The van der Waals surface area contributed by atoms with E-state index in [0.29, 0.717) is 17.5 Å². The second-order valence-corrected chi connectivity index (χ2v) is 14.2. The maximum Gasteiger partial charge on any atom is 0.233 e. The molecule has 0 saturated heterocycles. The van der Waals surface area contributed by atoms with E-state index in [1.165, 1.54) is 40.9 Å². The normalized spacial score (nSPS) is 15.0. The minimum absolute atomic E-state index is 0.0201. The molecular formula is C44H60O5. The number of allylic oxidation sites excluding steroid dienone is 15. The van der Waals surface area contributed by atoms with Crippen molar-refractivity contribution in [2.45, 2.75) is 133 Å². The van der Waals surface area contributed by atoms with Crippen molar-refractivity contribution in [3.8, 4) is 11.5 Å². The lowest BCUT2D eigenvalue weighted by Gasteiger charge is -2.23. The summed E-state index contributed by atoms with van der Waals surface area (Å²) in [7, 11) is 0. The van der Waals surface area contributed by atoms with E-state index in [9.17, 15) is 24.9 Å². The van der Waals surface area contributed by atoms with E-state index < -0.39 is 11.6 Å². The molecule has 0 aliphatic heterocycles. The molecule has 0 fully saturated rings. The molecular weight excluding hydrogens is 608 g/mol. The van der Waals surface area contributed by atoms with Gasteiger partial charge in [0.2, 0.25) is 11.6 Å². The van der Waals surface area contributed by atoms with Gasteiger partial charge >= 0.3 is 0 Å². The van der Waals surface area contributed by atoms with Crippen LogP contribution in [0.2, 0.25) is 0 Å². The summed E-state index contributed by atoms with van der Waals surface area (Å²) in [5.41, 5.74) is 9.26. The number of Topliss-reactive ketones (excluding diaryl/α,β-unsaturated/α-hetero) is 2. The topological polar surface area (TPSA) is 94.8 Å². The molecule has 0 amide bonds. The first-order valence-electron chi connectivity index (χ1n) is 17.7. The molecule has 0 bridgehead atoms. The highest BCUT2D eigenvalue weighted by Gasteiger charge is 2.35. The first kappa shape index (κ1) is 41.1. The van der Waals surface area contributed by atoms with Crippen molar-refractivity contribution in [3.05, 3.63) is 110 Å². The molecule has 5 nitrogen and oxygen atoms in total. The molecule has 1 aliphatic carbocycles. The first-order valence-corrected chi connectivity index (χ1v) is 17.7. The predicted molar refractivity (Wildman–Crippen MR) is 206 cm³/mol. The second kappa shape index (κ2) is 19.8. The van der Waals surface area contributed by atoms with Gasteiger partial charge in [0.05, 0.1) is 0 Å². The van der Waals surface area contributed by atoms with Crippen molar-refractivity contribution >= 4 is 17.1 Å². The van der Waals surface area contributed by atoms with Crippen LogP contribution < -0.4 is 0 Å². The number of hydrogen-bond donors (Lipinski definition) is 3. The van der Waals surface area contributed by atoms with Crippen molar-refractivity contribution in [3.63, 3.8) is 0 Å². The lowest BCUT2D eigenvalue weighted by atomic mass is 9.81. The fourth-order valence-electron chi connectivity index (χ4n) is 5.98. The quantitative estimate of drug-likeness (QED) is 0.0872. The Morgan fingerprint density at radius 2 is 1.00 bits per heavy atom. The molecule has 3 N–H and O–H groups in total. The molecule has 266 valence electrons. The fourth-order valence-corrected chi connectivity index (χ4v) is 5.98. The molecule has 0 saturated carbocycles. The number of aliphatic hydroxyl groups is 1. The molecule has 0 spiro atoms. The van der Waals surface area contributed by atoms with Gasteiger partial charge in [-0.05, 0) is 139 Å². The third-order valence-corrected chi connectivity index (χ3v) is 9.19. The summed E-state index contributed by atoms with van der Waals surface area (Å²) in [5.74, 6) is -2.03. The van der Waals surface area contributed by atoms with Gasteiger partial charge in [0.1, 0.15) is 17.3 Å². The van der Waals surface area contributed by atoms with Gasteiger partial charge in [-0.2, -0.15) is 0 Å². The lowest BCUT2D eigenvalue weighted by Crippen LogP contribution is -2.25. The molecule has 0 atom stereocenters. The Bertz CT molecular complexity index is 1640. The average molecular weight is 669 g/mol. The van der Waals surface area contributed by atoms with Gasteiger partial charge in [0.15, 0.2) is 0 Å². The number of phenolic OH excluding ortho intramolecular Hbond substituents is 2. The Hall–Kier alpha value is -4.12. The standard InChI is InChI=1S/C44H60O5/c1-28(2)15-11-17-30(5)19-13-21-32(7)23-25-36-34(9)40(39(46)27-38(36)45)41-35(10)42(47)44(49)37(43(41)48)26-24-33(8)22-14-20-31(6)18-12-16-29(3)4/h15-16,19-20,23-24,27,45-46,48H,11-14,17-18,21-22,25-26H2,1-10H3/b30-19+,31-20+,32-23+,33-24+. The first-order chi connectivity index (χ1) is 23.0. The Labute approximate surface area is 295 Å². The molecule has 2 rings (SSSR count). The van der Waals surface area contributed by atoms with Gasteiger partial charge < -0.3 is 15.3 Å². The van der Waals surface area contributed by atoms with Crippen LogP contribution in [-0.2, 0) is 16.0 Å². The van der Waals surface area contributed by atoms with E-state index in [0.717, 1.165) is 56.9 Å². The van der Waals surface area contributed by atoms with Gasteiger partial charge in [-0.1, -0.05) is 69.9 Å². The third kappa shape index (κ3) is 12.7. The molecule has 0 unspecified atom stereocenters. The Balaban J connectivity index is 2.29. The SMILES string of the molecule is CC(C)=CCC/C(C)=C/CC/C(C)=C/CC1=C(O)C(c2c(O)cc(O)c(C/C=C(\C)CC/C=C(\C)CCC=C(C)C)c2C)=C(C)C(=O)C1=O. The van der Waals surface area contributed by atoms with Crippen molar-refractivity contribution < 1.29 is 24.9 Å². The van der Waals surface area contributed by atoms with Gasteiger partial charge in [-0.3, -0.25) is 9.59 Å². The van der Waals surface area contributed by atoms with Crippen molar-refractivity contribution in [2.75, 3.05) is 0 Å². The number of phenols is 2. The Morgan fingerprint density at radius 1 is 0.571 bits per heavy atom. The van der Waals surface area contributed by atoms with Crippen LogP contribution in [0.15, 0.2) is 92.9 Å². The Kier molecular flexibility index (Phi) is 16.6. The Morgan fingerprint density at radius 3 is 1.47 bits per heavy atom. The highest BCUT2D eigenvalue weighted by Crippen LogP contribution is 2.43. The van der Waals surface area contributed by atoms with Gasteiger partial charge in [0.25, 0.3) is 0 Å². The number of hydrogen-bond acceptors (Lipinski definition) is 5. The van der Waals surface area contributed by atoms with Crippen molar-refractivity contribution in [1.82, 2.24) is 0 Å². The molecule has 5 heteroatoms. The summed E-state index contributed by atoms with van der Waals surface area (Å²) in [6.07, 6.45) is 21.2. The minimum atomic E-state index is -0.728. The van der Waals surface area contributed by atoms with Crippen LogP contribution in [0.3, 0.4) is 0 Å². The highest BCUT2D eigenvalue weighted by molar-refractivity contribution is 6.52. The van der Waals surface area contributed by atoms with E-state index in [4.69, 9.17) is 0 Å². The minimum Gasteiger partial charge on any atom is -0.508 e. The van der Waals surface area contributed by atoms with E-state index in [1.54, 1.807) is 6.92 Å². The molecule has 0 heterocycles. The van der Waals surface area contributed by atoms with Gasteiger partial charge in [-0.25, -0.2) is 0 Å². The monoisotopic (exact) mass is 668 g/mol. The smallest absolute Gasteiger partial charge is 0.233 e. The maximum atomic E-state index is 13.2. The van der Waals surface area contributed by atoms with E-state index in [1.807, 2.05) is 13.0 Å². The van der Waals surface area contributed by atoms with Gasteiger partial charge in [-0.15, -0.1) is 0 Å². The fraction of sp³-hybridized carbons (Fsp3) is 0.455. The molecule has 0 aromatic heterocycles. The van der Waals surface area contributed by atoms with Crippen molar-refractivity contribution in [2.24, 2.45) is 0 Å². The van der Waals surface area contributed by atoms with E-state index in [-0.39, 0.29) is 46.0 Å². The zero-order chi connectivity index (χ0) is 36.8. The van der Waals surface area contributed by atoms with Crippen LogP contribution in [0.4, 0.5) is 0 Å². The predicted octanol–water partition coefficient (Wildman–Crippen LogP) is 11.9. The molecule has 1 aromatic rings. The summed E-state index contributed by atoms with van der Waals surface area (Å²) in [5, 5.41) is 33.4. The van der Waals surface area contributed by atoms with Gasteiger partial charge in [0, 0.05) is 33.9 Å². The van der Waals surface area contributed by atoms with Crippen LogP contribution in [0.5, 0.6) is 11.5 Å². The number of ketones is 2. The lowest BCUT2D eigenvalue weighted by molar-refractivity contribution is -0.132. The van der Waals surface area contributed by atoms with E-state index >= 15 is 0 Å². The van der Waals surface area contributed by atoms with Crippen LogP contribution in [-0.4, -0.2) is 26.9 Å². The summed E-state index contributed by atoms with van der Waals surface area (Å²) in [6, 6.07) is 1.26. The zero-order valence-electron chi connectivity index (χ0n) is 31.8. The largest absolute Gasteiger partial charge is 0.508 e. The van der Waals surface area contributed by atoms with Crippen molar-refractivity contribution in [1.29, 1.82) is 0 Å². The highest BCUT2D eigenvalue weighted by atomic mass is 16.3. The summed E-state index contributed by atoms with van der Waals surface area (Å²) in [6.45, 7) is 20.1. The summed E-state index contributed by atoms with van der Waals surface area (Å²) in [4.78, 5) is 26.3. The molecule has 1 aliphatic rings. The summed E-state index contributed by atoms with van der Waals surface area (Å²) >= 11 is 0. The third-order valence-electron chi connectivity index (χ3n) is 9.19. The van der Waals surface area contributed by atoms with Crippen LogP contribution >= 0.6 is 0 Å². The molecule has 0 radical (unpaired) electrons. The summed E-state index contributed by atoms with van der Waals surface area (Å²) < 4.78 is 0. The van der Waals surface area contributed by atoms with Crippen LogP contribution in [0.25, 0.3) is 5.57 Å². The van der Waals surface area contributed by atoms with Crippen LogP contribution in [0, 0.1) is 6.92 Å². The number of benzene rings is 1. The number of carbonyl (C=O) groups excluding carboxylic acids is 2. The number of aliphatic hydroxyl groups excluding tert-OH is 1. The molecule has 49 heavy (non-hydrogen) atoms.